The molecule has 0 bridgehead atoms. The van der Waals surface area contributed by atoms with E-state index in [0.29, 0.717) is 5.92 Å². The second kappa shape index (κ2) is 6.44. The predicted molar refractivity (Wildman–Crippen MR) is 82.3 cm³/mol. The third kappa shape index (κ3) is 4.19. The summed E-state index contributed by atoms with van der Waals surface area (Å²) in [5, 5.41) is 3.21. The van der Waals surface area contributed by atoms with Crippen LogP contribution in [0.15, 0.2) is 0 Å². The molecule has 0 radical (unpaired) electrons. The van der Waals surface area contributed by atoms with E-state index >= 15 is 0 Å². The molecule has 2 rings (SSSR count). The maximum atomic E-state index is 12.4. The number of piperidine rings is 1. The van der Waals surface area contributed by atoms with Gasteiger partial charge >= 0.3 is 0 Å². The quantitative estimate of drug-likeness (QED) is 0.826. The number of likely N-dealkylation sites (tertiary alicyclic amines) is 1. The van der Waals surface area contributed by atoms with Crippen LogP contribution in [0.3, 0.4) is 0 Å². The maximum Gasteiger partial charge on any atom is 0.223 e. The number of nitrogens with zero attached hydrogens (tertiary/aromatic N) is 1. The van der Waals surface area contributed by atoms with Crippen molar-refractivity contribution in [1.82, 2.24) is 10.2 Å². The molecule has 1 saturated heterocycles. The number of amides is 1. The van der Waals surface area contributed by atoms with Crippen molar-refractivity contribution in [2.75, 3.05) is 26.7 Å². The van der Waals surface area contributed by atoms with Crippen LogP contribution in [-0.2, 0) is 4.79 Å². The summed E-state index contributed by atoms with van der Waals surface area (Å²) < 4.78 is 0. The lowest BCUT2D eigenvalue weighted by atomic mass is 9.78. The van der Waals surface area contributed by atoms with Gasteiger partial charge in [0.2, 0.25) is 5.91 Å². The molecule has 0 spiro atoms. The molecule has 3 unspecified atom stereocenters. The first kappa shape index (κ1) is 15.8. The Hall–Kier alpha value is -0.610. The van der Waals surface area contributed by atoms with E-state index in [2.05, 4.69) is 31.1 Å². The molecule has 4 nitrogen and oxygen atoms in total. The van der Waals surface area contributed by atoms with Crippen LogP contribution < -0.4 is 11.1 Å². The molecular weight excluding hydrogens is 250 g/mol. The molecule has 116 valence electrons. The standard InChI is InChI=1S/C16H31N3O/c1-12-8-13(10-14(17)9-12)15(20)18-11-16(2)4-6-19(3)7-5-16/h12-14H,4-11,17H2,1-3H3,(H,18,20). The Morgan fingerprint density at radius 3 is 2.55 bits per heavy atom. The van der Waals surface area contributed by atoms with Crippen LogP contribution in [0.25, 0.3) is 0 Å². The van der Waals surface area contributed by atoms with Crippen LogP contribution in [0.4, 0.5) is 0 Å². The molecule has 1 heterocycles. The van der Waals surface area contributed by atoms with E-state index < -0.39 is 0 Å². The van der Waals surface area contributed by atoms with Crippen molar-refractivity contribution >= 4 is 5.91 Å². The lowest BCUT2D eigenvalue weighted by Crippen LogP contribution is -2.46. The summed E-state index contributed by atoms with van der Waals surface area (Å²) in [6.07, 6.45) is 5.26. The normalized spacial score (nSPS) is 34.7. The highest BCUT2D eigenvalue weighted by atomic mass is 16.1. The van der Waals surface area contributed by atoms with Crippen LogP contribution in [0.2, 0.25) is 0 Å². The minimum Gasteiger partial charge on any atom is -0.355 e. The number of rotatable bonds is 3. The van der Waals surface area contributed by atoms with Gasteiger partial charge in [-0.25, -0.2) is 0 Å². The molecule has 3 N–H and O–H groups in total. The Bertz CT molecular complexity index is 327. The van der Waals surface area contributed by atoms with Crippen LogP contribution in [0.1, 0.15) is 46.0 Å². The molecule has 0 aromatic rings. The van der Waals surface area contributed by atoms with Crippen molar-refractivity contribution in [3.8, 4) is 0 Å². The number of carbonyl (C=O) groups excluding carboxylic acids is 1. The zero-order valence-electron chi connectivity index (χ0n) is 13.3. The molecule has 1 amide bonds. The second-order valence-corrected chi connectivity index (χ2v) is 7.60. The van der Waals surface area contributed by atoms with Crippen molar-refractivity contribution < 1.29 is 4.79 Å². The zero-order chi connectivity index (χ0) is 14.8. The zero-order valence-corrected chi connectivity index (χ0v) is 13.3. The second-order valence-electron chi connectivity index (χ2n) is 7.60. The molecule has 3 atom stereocenters. The van der Waals surface area contributed by atoms with Gasteiger partial charge in [-0.2, -0.15) is 0 Å². The Morgan fingerprint density at radius 1 is 1.30 bits per heavy atom. The van der Waals surface area contributed by atoms with Gasteiger partial charge in [0.1, 0.15) is 0 Å². The highest BCUT2D eigenvalue weighted by Crippen LogP contribution is 2.31. The predicted octanol–water partition coefficient (Wildman–Crippen LogP) is 1.60. The third-order valence-corrected chi connectivity index (χ3v) is 5.23. The van der Waals surface area contributed by atoms with Gasteiger partial charge in [0.05, 0.1) is 0 Å². The van der Waals surface area contributed by atoms with Crippen molar-refractivity contribution in [3.63, 3.8) is 0 Å². The monoisotopic (exact) mass is 281 g/mol. The van der Waals surface area contributed by atoms with E-state index in [9.17, 15) is 4.79 Å². The Balaban J connectivity index is 1.79. The first-order valence-electron chi connectivity index (χ1n) is 8.10. The number of nitrogens with two attached hydrogens (primary N) is 1. The van der Waals surface area contributed by atoms with Gasteiger partial charge in [0.15, 0.2) is 0 Å². The molecule has 1 aliphatic heterocycles. The fourth-order valence-corrected chi connectivity index (χ4v) is 3.65. The van der Waals surface area contributed by atoms with E-state index in [0.717, 1.165) is 38.9 Å². The number of hydrogen-bond acceptors (Lipinski definition) is 3. The summed E-state index contributed by atoms with van der Waals surface area (Å²) in [6, 6.07) is 0.202. The van der Waals surface area contributed by atoms with E-state index in [1.165, 1.54) is 12.8 Å². The van der Waals surface area contributed by atoms with Gasteiger partial charge in [-0.15, -0.1) is 0 Å². The summed E-state index contributed by atoms with van der Waals surface area (Å²) in [6.45, 7) is 7.60. The fourth-order valence-electron chi connectivity index (χ4n) is 3.65. The van der Waals surface area contributed by atoms with Crippen molar-refractivity contribution in [1.29, 1.82) is 0 Å². The molecule has 0 aromatic heterocycles. The fraction of sp³-hybridized carbons (Fsp3) is 0.938. The Kier molecular flexibility index (Phi) is 5.08. The summed E-state index contributed by atoms with van der Waals surface area (Å²) in [7, 11) is 2.17. The van der Waals surface area contributed by atoms with E-state index in [4.69, 9.17) is 5.73 Å². The van der Waals surface area contributed by atoms with E-state index in [1.807, 2.05) is 0 Å². The van der Waals surface area contributed by atoms with Crippen LogP contribution in [0.5, 0.6) is 0 Å². The SMILES string of the molecule is CC1CC(N)CC(C(=O)NCC2(C)CCN(C)CC2)C1. The van der Waals surface area contributed by atoms with E-state index in [-0.39, 0.29) is 23.3 Å². The van der Waals surface area contributed by atoms with Gasteiger partial charge in [-0.05, 0) is 63.6 Å². The van der Waals surface area contributed by atoms with Crippen molar-refractivity contribution in [2.24, 2.45) is 23.0 Å². The largest absolute Gasteiger partial charge is 0.355 e. The minimum absolute atomic E-state index is 0.128. The van der Waals surface area contributed by atoms with Gasteiger partial charge in [0.25, 0.3) is 0 Å². The first-order chi connectivity index (χ1) is 9.38. The molecular formula is C16H31N3O. The number of carbonyl (C=O) groups is 1. The van der Waals surface area contributed by atoms with Gasteiger partial charge in [-0.1, -0.05) is 13.8 Å². The van der Waals surface area contributed by atoms with Crippen LogP contribution in [0, 0.1) is 17.3 Å². The average molecular weight is 281 g/mol. The molecule has 4 heteroatoms. The maximum absolute atomic E-state index is 12.4. The van der Waals surface area contributed by atoms with Crippen molar-refractivity contribution in [2.45, 2.75) is 52.0 Å². The third-order valence-electron chi connectivity index (χ3n) is 5.23. The van der Waals surface area contributed by atoms with Crippen LogP contribution in [-0.4, -0.2) is 43.5 Å². The lowest BCUT2D eigenvalue weighted by Gasteiger charge is -2.38. The molecule has 2 fully saturated rings. The molecule has 1 aliphatic carbocycles. The number of nitrogens with one attached hydrogen (secondary N) is 1. The molecule has 2 aliphatic rings. The Morgan fingerprint density at radius 2 is 1.95 bits per heavy atom. The smallest absolute Gasteiger partial charge is 0.223 e. The average Bonchev–Trinajstić information content (AvgIpc) is 2.39. The van der Waals surface area contributed by atoms with Crippen molar-refractivity contribution in [3.05, 3.63) is 0 Å². The highest BCUT2D eigenvalue weighted by Gasteiger charge is 2.32. The first-order valence-corrected chi connectivity index (χ1v) is 8.10. The molecule has 20 heavy (non-hydrogen) atoms. The van der Waals surface area contributed by atoms with Crippen LogP contribution >= 0.6 is 0 Å². The Labute approximate surface area is 123 Å². The topological polar surface area (TPSA) is 58.4 Å². The summed E-state index contributed by atoms with van der Waals surface area (Å²) in [4.78, 5) is 14.7. The molecule has 0 aromatic carbocycles. The van der Waals surface area contributed by atoms with Gasteiger partial charge in [-0.3, -0.25) is 4.79 Å². The highest BCUT2D eigenvalue weighted by molar-refractivity contribution is 5.78. The van der Waals surface area contributed by atoms with Gasteiger partial charge < -0.3 is 16.0 Å². The lowest BCUT2D eigenvalue weighted by molar-refractivity contribution is -0.127. The van der Waals surface area contributed by atoms with Gasteiger partial charge in [0, 0.05) is 18.5 Å². The minimum atomic E-state index is 0.128. The number of hydrogen-bond donors (Lipinski definition) is 2. The molecule has 1 saturated carbocycles. The summed E-state index contributed by atoms with van der Waals surface area (Å²) in [5.74, 6) is 0.934. The summed E-state index contributed by atoms with van der Waals surface area (Å²) >= 11 is 0. The summed E-state index contributed by atoms with van der Waals surface area (Å²) in [5.41, 5.74) is 6.32. The van der Waals surface area contributed by atoms with E-state index in [1.54, 1.807) is 0 Å².